The van der Waals surface area contributed by atoms with E-state index in [4.69, 9.17) is 16.3 Å². The summed E-state index contributed by atoms with van der Waals surface area (Å²) in [7, 11) is 1.62. The molecule has 0 rings (SSSR count). The minimum Gasteiger partial charge on any atom is -0.379 e. The van der Waals surface area contributed by atoms with Crippen molar-refractivity contribution >= 4 is 11.6 Å². The van der Waals surface area contributed by atoms with Crippen LogP contribution in [0.4, 0.5) is 0 Å². The Kier molecular flexibility index (Phi) is 4.15. The van der Waals surface area contributed by atoms with Crippen LogP contribution in [0.5, 0.6) is 0 Å². The van der Waals surface area contributed by atoms with Crippen molar-refractivity contribution in [3.8, 4) is 0 Å². The lowest BCUT2D eigenvalue weighted by Crippen LogP contribution is -1.84. The zero-order chi connectivity index (χ0) is 5.70. The molecule has 0 aliphatic carbocycles. The number of hydrogen-bond donors (Lipinski definition) is 0. The first-order valence-electron chi connectivity index (χ1n) is 2.11. The second-order valence-electron chi connectivity index (χ2n) is 1.17. The smallest absolute Gasteiger partial charge is 0.0815 e. The van der Waals surface area contributed by atoms with E-state index >= 15 is 0 Å². The highest BCUT2D eigenvalue weighted by molar-refractivity contribution is 6.29. The van der Waals surface area contributed by atoms with Gasteiger partial charge in [-0.1, -0.05) is 17.7 Å². The molecule has 0 radical (unpaired) electrons. The first-order chi connectivity index (χ1) is 3.31. The van der Waals surface area contributed by atoms with Gasteiger partial charge in [-0.2, -0.15) is 0 Å². The summed E-state index contributed by atoms with van der Waals surface area (Å²) in [5.74, 6) is 0. The average Bonchev–Trinajstić information content (AvgIpc) is 1.68. The van der Waals surface area contributed by atoms with Gasteiger partial charge in [0.25, 0.3) is 0 Å². The lowest BCUT2D eigenvalue weighted by atomic mass is 10.5. The van der Waals surface area contributed by atoms with E-state index in [1.807, 2.05) is 13.0 Å². The van der Waals surface area contributed by atoms with Gasteiger partial charge in [0.15, 0.2) is 0 Å². The van der Waals surface area contributed by atoms with Gasteiger partial charge < -0.3 is 4.74 Å². The molecule has 0 aromatic carbocycles. The van der Waals surface area contributed by atoms with E-state index in [0.717, 1.165) is 5.03 Å². The van der Waals surface area contributed by atoms with E-state index in [0.29, 0.717) is 6.61 Å². The minimum absolute atomic E-state index is 0.526. The number of ether oxygens (including phenoxy) is 1. The van der Waals surface area contributed by atoms with E-state index < -0.39 is 0 Å². The minimum atomic E-state index is 0.526. The number of rotatable bonds is 2. The molecule has 7 heavy (non-hydrogen) atoms. The van der Waals surface area contributed by atoms with E-state index in [2.05, 4.69) is 0 Å². The summed E-state index contributed by atoms with van der Waals surface area (Å²) >= 11 is 5.50. The molecule has 0 aliphatic rings. The van der Waals surface area contributed by atoms with Gasteiger partial charge in [0.05, 0.1) is 6.61 Å². The van der Waals surface area contributed by atoms with Crippen LogP contribution < -0.4 is 0 Å². The maximum atomic E-state index is 5.50. The van der Waals surface area contributed by atoms with E-state index in [1.165, 1.54) is 0 Å². The van der Waals surface area contributed by atoms with Gasteiger partial charge in [0.2, 0.25) is 0 Å². The molecule has 42 valence electrons. The molecule has 0 atom stereocenters. The second kappa shape index (κ2) is 4.16. The van der Waals surface area contributed by atoms with Gasteiger partial charge in [-0.15, -0.1) is 0 Å². The van der Waals surface area contributed by atoms with Crippen LogP contribution in [0.1, 0.15) is 6.92 Å². The molecule has 2 heteroatoms. The fourth-order valence-corrected chi connectivity index (χ4v) is 0.330. The summed E-state index contributed by atoms with van der Waals surface area (Å²) in [6, 6.07) is 0. The predicted molar refractivity (Wildman–Crippen MR) is 31.5 cm³/mol. The van der Waals surface area contributed by atoms with Crippen LogP contribution in [-0.2, 0) is 4.74 Å². The highest BCUT2D eigenvalue weighted by Crippen LogP contribution is 1.98. The Morgan fingerprint density at radius 3 is 2.57 bits per heavy atom. The first-order valence-corrected chi connectivity index (χ1v) is 2.48. The zero-order valence-corrected chi connectivity index (χ0v) is 5.33. The summed E-state index contributed by atoms with van der Waals surface area (Å²) in [6.45, 7) is 2.40. The van der Waals surface area contributed by atoms with Crippen molar-refractivity contribution in [3.05, 3.63) is 11.1 Å². The number of halogens is 1. The van der Waals surface area contributed by atoms with Crippen molar-refractivity contribution in [2.45, 2.75) is 6.92 Å². The SMILES string of the molecule is C/C=C(\Cl)COC. The molecule has 0 fully saturated rings. The van der Waals surface area contributed by atoms with Crippen molar-refractivity contribution < 1.29 is 4.74 Å². The lowest BCUT2D eigenvalue weighted by Gasteiger charge is -1.90. The summed E-state index contributed by atoms with van der Waals surface area (Å²) in [4.78, 5) is 0. The Labute approximate surface area is 48.9 Å². The topological polar surface area (TPSA) is 9.23 Å². The molecule has 0 bridgehead atoms. The molecule has 0 spiro atoms. The van der Waals surface area contributed by atoms with Gasteiger partial charge in [-0.05, 0) is 6.92 Å². The van der Waals surface area contributed by atoms with Crippen molar-refractivity contribution in [2.75, 3.05) is 13.7 Å². The molecule has 0 saturated carbocycles. The Morgan fingerprint density at radius 2 is 2.43 bits per heavy atom. The molecular formula is C5H9ClO. The van der Waals surface area contributed by atoms with Crippen LogP contribution in [0.25, 0.3) is 0 Å². The molecule has 0 aromatic rings. The highest BCUT2D eigenvalue weighted by atomic mass is 35.5. The third kappa shape index (κ3) is 3.83. The molecule has 0 amide bonds. The third-order valence-corrected chi connectivity index (χ3v) is 0.923. The fourth-order valence-electron chi connectivity index (χ4n) is 0.221. The maximum absolute atomic E-state index is 5.50. The molecule has 1 nitrogen and oxygen atoms in total. The number of methoxy groups -OCH3 is 1. The molecule has 0 saturated heterocycles. The molecule has 0 aliphatic heterocycles. The summed E-state index contributed by atoms with van der Waals surface area (Å²) < 4.78 is 4.69. The summed E-state index contributed by atoms with van der Waals surface area (Å²) in [5.41, 5.74) is 0. The fraction of sp³-hybridized carbons (Fsp3) is 0.600. The van der Waals surface area contributed by atoms with Crippen molar-refractivity contribution in [2.24, 2.45) is 0 Å². The average molecular weight is 121 g/mol. The molecule has 0 N–H and O–H groups in total. The van der Waals surface area contributed by atoms with E-state index in [9.17, 15) is 0 Å². The molecule has 0 heterocycles. The third-order valence-electron chi connectivity index (χ3n) is 0.595. The van der Waals surface area contributed by atoms with Crippen molar-refractivity contribution in [3.63, 3.8) is 0 Å². The monoisotopic (exact) mass is 120 g/mol. The van der Waals surface area contributed by atoms with Gasteiger partial charge in [-0.25, -0.2) is 0 Å². The van der Waals surface area contributed by atoms with Gasteiger partial charge in [0.1, 0.15) is 0 Å². The lowest BCUT2D eigenvalue weighted by molar-refractivity contribution is 0.231. The van der Waals surface area contributed by atoms with Crippen LogP contribution in [0.3, 0.4) is 0 Å². The molecule has 0 aromatic heterocycles. The molecular weight excluding hydrogens is 112 g/mol. The van der Waals surface area contributed by atoms with Crippen LogP contribution in [-0.4, -0.2) is 13.7 Å². The zero-order valence-electron chi connectivity index (χ0n) is 4.57. The quantitative estimate of drug-likeness (QED) is 0.540. The summed E-state index contributed by atoms with van der Waals surface area (Å²) in [6.07, 6.45) is 1.81. The Hall–Kier alpha value is -0.0100. The van der Waals surface area contributed by atoms with Crippen molar-refractivity contribution in [1.82, 2.24) is 0 Å². The second-order valence-corrected chi connectivity index (χ2v) is 1.65. The Morgan fingerprint density at radius 1 is 1.86 bits per heavy atom. The highest BCUT2D eigenvalue weighted by Gasteiger charge is 1.82. The van der Waals surface area contributed by atoms with Gasteiger partial charge in [0, 0.05) is 12.1 Å². The number of hydrogen-bond acceptors (Lipinski definition) is 1. The standard InChI is InChI=1S/C5H9ClO/c1-3-5(6)4-7-2/h3H,4H2,1-2H3/b5-3-. The van der Waals surface area contributed by atoms with Gasteiger partial charge >= 0.3 is 0 Å². The largest absolute Gasteiger partial charge is 0.379 e. The van der Waals surface area contributed by atoms with E-state index in [-0.39, 0.29) is 0 Å². The van der Waals surface area contributed by atoms with Crippen LogP contribution in [0, 0.1) is 0 Å². The summed E-state index contributed by atoms with van der Waals surface area (Å²) in [5, 5.41) is 0.752. The maximum Gasteiger partial charge on any atom is 0.0815 e. The van der Waals surface area contributed by atoms with Crippen LogP contribution in [0.2, 0.25) is 0 Å². The normalized spacial score (nSPS) is 12.1. The van der Waals surface area contributed by atoms with Crippen LogP contribution >= 0.6 is 11.6 Å². The molecule has 0 unspecified atom stereocenters. The van der Waals surface area contributed by atoms with Gasteiger partial charge in [-0.3, -0.25) is 0 Å². The Bertz CT molecular complexity index is 68.5. The predicted octanol–water partition coefficient (Wildman–Crippen LogP) is 1.78. The van der Waals surface area contributed by atoms with Crippen LogP contribution in [0.15, 0.2) is 11.1 Å². The van der Waals surface area contributed by atoms with Crippen molar-refractivity contribution in [1.29, 1.82) is 0 Å². The Balaban J connectivity index is 3.17. The first kappa shape index (κ1) is 6.99. The van der Waals surface area contributed by atoms with E-state index in [1.54, 1.807) is 7.11 Å². The number of allylic oxidation sites excluding steroid dienone is 1.